The highest BCUT2D eigenvalue weighted by Crippen LogP contribution is 2.01. The average molecular weight is 377 g/mol. The van der Waals surface area contributed by atoms with Crippen molar-refractivity contribution in [3.05, 3.63) is 48.6 Å². The first-order valence-corrected chi connectivity index (χ1v) is 9.94. The summed E-state index contributed by atoms with van der Waals surface area (Å²) in [7, 11) is 0. The molecule has 0 bridgehead atoms. The Morgan fingerprint density at radius 2 is 1.30 bits per heavy atom. The maximum absolute atomic E-state index is 10.9. The first-order valence-electron chi connectivity index (χ1n) is 9.94. The lowest BCUT2D eigenvalue weighted by molar-refractivity contribution is -0.118. The maximum Gasteiger partial charge on any atom is 0.407 e. The number of nitrogens with two attached hydrogens (primary N) is 1. The molecule has 27 heavy (non-hydrogen) atoms. The number of carbonyl (C=O) groups excluding carboxylic acids is 1. The summed E-state index contributed by atoms with van der Waals surface area (Å²) in [6.45, 7) is 2.29. The molecule has 152 valence electrons. The molecule has 5 nitrogen and oxygen atoms in total. The normalized spacial score (nSPS) is 12.0. The molecule has 0 spiro atoms. The van der Waals surface area contributed by atoms with Crippen molar-refractivity contribution in [2.75, 3.05) is 13.1 Å². The third kappa shape index (κ3) is 18.3. The van der Waals surface area contributed by atoms with Crippen molar-refractivity contribution in [3.63, 3.8) is 0 Å². The fraction of sp³-hybridized carbons (Fsp3) is 0.545. The molecule has 0 aliphatic carbocycles. The molecule has 3 N–H and O–H groups in total. The van der Waals surface area contributed by atoms with E-state index in [9.17, 15) is 9.59 Å². The second kappa shape index (κ2) is 18.5. The number of hydrogen-bond acceptors (Lipinski definition) is 2. The fourth-order valence-corrected chi connectivity index (χ4v) is 2.39. The summed E-state index contributed by atoms with van der Waals surface area (Å²) in [5.74, 6) is -0.630. The van der Waals surface area contributed by atoms with Gasteiger partial charge in [-0.2, -0.15) is 0 Å². The Labute approximate surface area is 164 Å². The van der Waals surface area contributed by atoms with Crippen LogP contribution in [0.5, 0.6) is 0 Å². The van der Waals surface area contributed by atoms with E-state index in [0.717, 1.165) is 30.6 Å². The number of amides is 2. The monoisotopic (exact) mass is 376 g/mol. The van der Waals surface area contributed by atoms with E-state index in [4.69, 9.17) is 10.8 Å². The highest BCUT2D eigenvalue weighted by atomic mass is 16.4. The van der Waals surface area contributed by atoms with Gasteiger partial charge in [-0.05, 0) is 44.9 Å². The maximum atomic E-state index is 10.9. The van der Waals surface area contributed by atoms with Gasteiger partial charge in [0.05, 0.1) is 0 Å². The van der Waals surface area contributed by atoms with Gasteiger partial charge in [0.1, 0.15) is 6.54 Å². The fourth-order valence-electron chi connectivity index (χ4n) is 2.39. The molecule has 0 fully saturated rings. The molecule has 0 saturated heterocycles. The molecule has 2 amide bonds. The number of allylic oxidation sites excluding steroid dienone is 8. The number of primary amides is 1. The highest BCUT2D eigenvalue weighted by molar-refractivity contribution is 5.80. The second-order valence-corrected chi connectivity index (χ2v) is 6.40. The van der Waals surface area contributed by atoms with Crippen molar-refractivity contribution < 1.29 is 14.7 Å². The van der Waals surface area contributed by atoms with E-state index in [1.54, 1.807) is 0 Å². The van der Waals surface area contributed by atoms with Crippen LogP contribution in [-0.2, 0) is 4.79 Å². The molecule has 5 heteroatoms. The van der Waals surface area contributed by atoms with Crippen molar-refractivity contribution >= 4 is 12.0 Å². The van der Waals surface area contributed by atoms with Gasteiger partial charge in [0.15, 0.2) is 0 Å². The van der Waals surface area contributed by atoms with Crippen LogP contribution in [0.2, 0.25) is 0 Å². The standard InChI is InChI=1S/C22H36N2O3/c1-2-3-4-5-6-7-8-9-10-11-12-13-14-15-16-17-18-19-24(22(26)27)20-21(23)25/h6-7,9-10,12-13,15-16H,2-5,8,11,14,17-20H2,1H3,(H2,23,25)(H,26,27). The SMILES string of the molecule is CCCCCC=CCC=CCC=CCC=CCCCN(CC(N)=O)C(=O)O. The Morgan fingerprint density at radius 1 is 0.815 bits per heavy atom. The first kappa shape index (κ1) is 24.7. The van der Waals surface area contributed by atoms with Crippen LogP contribution in [0.1, 0.15) is 64.7 Å². The van der Waals surface area contributed by atoms with Crippen molar-refractivity contribution in [2.24, 2.45) is 5.73 Å². The smallest absolute Gasteiger partial charge is 0.407 e. The molecule has 0 aliphatic heterocycles. The lowest BCUT2D eigenvalue weighted by Crippen LogP contribution is -2.38. The van der Waals surface area contributed by atoms with Crippen LogP contribution >= 0.6 is 0 Å². The molecule has 0 atom stereocenters. The number of hydrogen-bond donors (Lipinski definition) is 2. The summed E-state index contributed by atoms with van der Waals surface area (Å²) in [6.07, 6.45) is 25.5. The zero-order chi connectivity index (χ0) is 20.2. The minimum Gasteiger partial charge on any atom is -0.465 e. The van der Waals surface area contributed by atoms with E-state index in [1.165, 1.54) is 25.7 Å². The Balaban J connectivity index is 3.66. The number of carbonyl (C=O) groups is 2. The number of carboxylic acid groups (broad SMARTS) is 1. The number of rotatable bonds is 16. The van der Waals surface area contributed by atoms with Crippen LogP contribution < -0.4 is 5.73 Å². The largest absolute Gasteiger partial charge is 0.465 e. The number of nitrogens with zero attached hydrogens (tertiary/aromatic N) is 1. The van der Waals surface area contributed by atoms with Crippen molar-refractivity contribution in [1.82, 2.24) is 4.90 Å². The lowest BCUT2D eigenvalue weighted by atomic mass is 10.2. The number of unbranched alkanes of at least 4 members (excludes halogenated alkanes) is 4. The molecule has 0 aromatic carbocycles. The van der Waals surface area contributed by atoms with Gasteiger partial charge in [0, 0.05) is 6.54 Å². The van der Waals surface area contributed by atoms with E-state index in [-0.39, 0.29) is 6.54 Å². The summed E-state index contributed by atoms with van der Waals surface area (Å²) in [5.41, 5.74) is 5.02. The van der Waals surface area contributed by atoms with E-state index >= 15 is 0 Å². The Hall–Kier alpha value is -2.30. The van der Waals surface area contributed by atoms with Gasteiger partial charge in [-0.1, -0.05) is 68.4 Å². The quantitative estimate of drug-likeness (QED) is 0.286. The highest BCUT2D eigenvalue weighted by Gasteiger charge is 2.12. The average Bonchev–Trinajstić information content (AvgIpc) is 2.62. The van der Waals surface area contributed by atoms with Gasteiger partial charge in [-0.3, -0.25) is 9.69 Å². The Bertz CT molecular complexity index is 508. The molecular weight excluding hydrogens is 340 g/mol. The van der Waals surface area contributed by atoms with E-state index in [1.807, 2.05) is 6.08 Å². The van der Waals surface area contributed by atoms with E-state index in [0.29, 0.717) is 13.0 Å². The molecule has 0 aliphatic rings. The van der Waals surface area contributed by atoms with Crippen molar-refractivity contribution in [1.29, 1.82) is 0 Å². The van der Waals surface area contributed by atoms with Crippen LogP contribution in [0.25, 0.3) is 0 Å². The van der Waals surface area contributed by atoms with Gasteiger partial charge in [0.25, 0.3) is 0 Å². The van der Waals surface area contributed by atoms with Gasteiger partial charge < -0.3 is 10.8 Å². The molecule has 0 rings (SSSR count). The summed E-state index contributed by atoms with van der Waals surface area (Å²) >= 11 is 0. The predicted molar refractivity (Wildman–Crippen MR) is 113 cm³/mol. The molecular formula is C22H36N2O3. The Morgan fingerprint density at radius 3 is 1.74 bits per heavy atom. The van der Waals surface area contributed by atoms with Crippen molar-refractivity contribution in [3.8, 4) is 0 Å². The molecule has 0 unspecified atom stereocenters. The third-order valence-corrected chi connectivity index (χ3v) is 3.87. The van der Waals surface area contributed by atoms with E-state index in [2.05, 4.69) is 49.5 Å². The van der Waals surface area contributed by atoms with Gasteiger partial charge in [-0.25, -0.2) is 4.79 Å². The summed E-state index contributed by atoms with van der Waals surface area (Å²) in [6, 6.07) is 0. The summed E-state index contributed by atoms with van der Waals surface area (Å²) in [5, 5.41) is 8.94. The minimum absolute atomic E-state index is 0.246. The predicted octanol–water partition coefficient (Wildman–Crippen LogP) is 5.21. The second-order valence-electron chi connectivity index (χ2n) is 6.40. The van der Waals surface area contributed by atoms with Gasteiger partial charge in [-0.15, -0.1) is 0 Å². The molecule has 0 heterocycles. The molecule has 0 aromatic rings. The van der Waals surface area contributed by atoms with Gasteiger partial charge >= 0.3 is 6.09 Å². The van der Waals surface area contributed by atoms with E-state index < -0.39 is 12.0 Å². The zero-order valence-electron chi connectivity index (χ0n) is 16.7. The van der Waals surface area contributed by atoms with Crippen LogP contribution in [0.15, 0.2) is 48.6 Å². The van der Waals surface area contributed by atoms with Crippen LogP contribution in [0.4, 0.5) is 4.79 Å². The molecule has 0 radical (unpaired) electrons. The zero-order valence-corrected chi connectivity index (χ0v) is 16.7. The first-order chi connectivity index (χ1) is 13.1. The molecule has 0 saturated carbocycles. The topological polar surface area (TPSA) is 83.6 Å². The summed E-state index contributed by atoms with van der Waals surface area (Å²) in [4.78, 5) is 22.7. The van der Waals surface area contributed by atoms with Crippen molar-refractivity contribution in [2.45, 2.75) is 64.7 Å². The van der Waals surface area contributed by atoms with Crippen LogP contribution in [0.3, 0.4) is 0 Å². The minimum atomic E-state index is -1.11. The lowest BCUT2D eigenvalue weighted by Gasteiger charge is -2.16. The summed E-state index contributed by atoms with van der Waals surface area (Å²) < 4.78 is 0. The van der Waals surface area contributed by atoms with Gasteiger partial charge in [0.2, 0.25) is 5.91 Å². The third-order valence-electron chi connectivity index (χ3n) is 3.87. The molecule has 0 aromatic heterocycles. The van der Waals surface area contributed by atoms with Crippen LogP contribution in [-0.4, -0.2) is 35.1 Å². The Kier molecular flexibility index (Phi) is 16.9. The van der Waals surface area contributed by atoms with Crippen LogP contribution in [0, 0.1) is 0 Å².